The van der Waals surface area contributed by atoms with Crippen molar-refractivity contribution in [3.63, 3.8) is 0 Å². The Kier molecular flexibility index (Phi) is 4.17. The number of nitrogens with two attached hydrogens (primary N) is 1. The van der Waals surface area contributed by atoms with Gasteiger partial charge in [0.1, 0.15) is 10.7 Å². The molecule has 0 radical (unpaired) electrons. The van der Waals surface area contributed by atoms with Crippen LogP contribution in [0.15, 0.2) is 29.2 Å². The predicted octanol–water partition coefficient (Wildman–Crippen LogP) is 0.794. The first kappa shape index (κ1) is 14.6. The van der Waals surface area contributed by atoms with Gasteiger partial charge in [-0.25, -0.2) is 17.5 Å². The Labute approximate surface area is 116 Å². The highest BCUT2D eigenvalue weighted by Crippen LogP contribution is 2.17. The fourth-order valence-corrected chi connectivity index (χ4v) is 3.23. The van der Waals surface area contributed by atoms with Gasteiger partial charge in [-0.05, 0) is 13.0 Å². The van der Waals surface area contributed by atoms with Gasteiger partial charge in [-0.1, -0.05) is 18.2 Å². The Hall–Kier alpha value is -1.77. The molecule has 1 aromatic carbocycles. The molecular weight excluding hydrogens is 283 g/mol. The molecule has 0 unspecified atom stereocenters. The van der Waals surface area contributed by atoms with Gasteiger partial charge in [0, 0.05) is 18.7 Å². The summed E-state index contributed by atoms with van der Waals surface area (Å²) in [5, 5.41) is 6.41. The lowest BCUT2D eigenvalue weighted by Gasteiger charge is -2.08. The number of aromatic amines is 1. The summed E-state index contributed by atoms with van der Waals surface area (Å²) in [6.45, 7) is 1.45. The number of sulfonamides is 1. The van der Waals surface area contributed by atoms with Crippen LogP contribution in [0.2, 0.25) is 0 Å². The molecule has 0 fully saturated rings. The minimum atomic E-state index is -3.80. The molecule has 1 heterocycles. The first-order valence-electron chi connectivity index (χ1n) is 5.92. The van der Waals surface area contributed by atoms with Crippen molar-refractivity contribution < 1.29 is 12.8 Å². The quantitative estimate of drug-likeness (QED) is 0.759. The number of hydrogen-bond acceptors (Lipinski definition) is 4. The van der Waals surface area contributed by atoms with Gasteiger partial charge < -0.3 is 5.73 Å². The van der Waals surface area contributed by atoms with Crippen molar-refractivity contribution >= 4 is 10.0 Å². The van der Waals surface area contributed by atoms with Gasteiger partial charge in [-0.3, -0.25) is 5.10 Å². The van der Waals surface area contributed by atoms with E-state index in [1.807, 2.05) is 0 Å². The van der Waals surface area contributed by atoms with E-state index in [9.17, 15) is 12.8 Å². The van der Waals surface area contributed by atoms with Crippen molar-refractivity contribution in [1.82, 2.24) is 14.9 Å². The zero-order valence-electron chi connectivity index (χ0n) is 10.9. The van der Waals surface area contributed by atoms with Crippen LogP contribution in [0.3, 0.4) is 0 Å². The Balaban J connectivity index is 2.24. The molecule has 1 aromatic heterocycles. The van der Waals surface area contributed by atoms with Gasteiger partial charge in [0.05, 0.1) is 11.4 Å². The van der Waals surface area contributed by atoms with Gasteiger partial charge in [0.2, 0.25) is 10.0 Å². The number of aromatic nitrogens is 2. The first-order valence-corrected chi connectivity index (χ1v) is 7.41. The Morgan fingerprint density at radius 3 is 2.75 bits per heavy atom. The highest BCUT2D eigenvalue weighted by atomic mass is 32.2. The van der Waals surface area contributed by atoms with Crippen LogP contribution in [-0.2, 0) is 23.1 Å². The van der Waals surface area contributed by atoms with E-state index in [4.69, 9.17) is 5.73 Å². The number of halogens is 1. The van der Waals surface area contributed by atoms with E-state index in [0.29, 0.717) is 5.69 Å². The third kappa shape index (κ3) is 2.87. The number of hydrogen-bond donors (Lipinski definition) is 3. The van der Waals surface area contributed by atoms with Crippen LogP contribution in [0, 0.1) is 12.7 Å². The standard InChI is InChI=1S/C12H15FN4O2S/c1-8-12(11(6-14)17-16-8)20(18,19)15-7-9-4-2-3-5-10(9)13/h2-5,15H,6-7,14H2,1H3,(H,16,17). The van der Waals surface area contributed by atoms with E-state index in [2.05, 4.69) is 14.9 Å². The van der Waals surface area contributed by atoms with Crippen LogP contribution in [0.1, 0.15) is 17.0 Å². The third-order valence-electron chi connectivity index (χ3n) is 2.83. The summed E-state index contributed by atoms with van der Waals surface area (Å²) in [5.74, 6) is -0.460. The second kappa shape index (κ2) is 5.70. The van der Waals surface area contributed by atoms with Crippen molar-refractivity contribution in [2.24, 2.45) is 5.73 Å². The van der Waals surface area contributed by atoms with Crippen LogP contribution >= 0.6 is 0 Å². The fourth-order valence-electron chi connectivity index (χ4n) is 1.85. The van der Waals surface area contributed by atoms with Gasteiger partial charge in [0.15, 0.2) is 0 Å². The lowest BCUT2D eigenvalue weighted by molar-refractivity contribution is 0.573. The molecule has 0 aliphatic heterocycles. The van der Waals surface area contributed by atoms with E-state index >= 15 is 0 Å². The molecule has 4 N–H and O–H groups in total. The molecule has 0 aliphatic carbocycles. The molecule has 8 heteroatoms. The maximum absolute atomic E-state index is 13.5. The predicted molar refractivity (Wildman–Crippen MR) is 71.6 cm³/mol. The maximum atomic E-state index is 13.5. The molecule has 0 amide bonds. The smallest absolute Gasteiger partial charge is 0.244 e. The average molecular weight is 298 g/mol. The van der Waals surface area contributed by atoms with E-state index in [0.717, 1.165) is 0 Å². The van der Waals surface area contributed by atoms with Gasteiger partial charge >= 0.3 is 0 Å². The molecule has 0 atom stereocenters. The number of nitrogens with one attached hydrogen (secondary N) is 2. The highest BCUT2D eigenvalue weighted by molar-refractivity contribution is 7.89. The van der Waals surface area contributed by atoms with Crippen LogP contribution in [0.25, 0.3) is 0 Å². The van der Waals surface area contributed by atoms with Crippen molar-refractivity contribution in [1.29, 1.82) is 0 Å². The Morgan fingerprint density at radius 1 is 1.40 bits per heavy atom. The second-order valence-electron chi connectivity index (χ2n) is 4.24. The minimum Gasteiger partial charge on any atom is -0.325 e. The minimum absolute atomic E-state index is 0.000279. The first-order chi connectivity index (χ1) is 9.45. The Morgan fingerprint density at radius 2 is 2.10 bits per heavy atom. The summed E-state index contributed by atoms with van der Waals surface area (Å²) in [7, 11) is -3.80. The lowest BCUT2D eigenvalue weighted by atomic mass is 10.2. The third-order valence-corrected chi connectivity index (χ3v) is 4.44. The zero-order valence-corrected chi connectivity index (χ0v) is 11.7. The highest BCUT2D eigenvalue weighted by Gasteiger charge is 2.23. The summed E-state index contributed by atoms with van der Waals surface area (Å²) >= 11 is 0. The number of aryl methyl sites for hydroxylation is 1. The van der Waals surface area contributed by atoms with E-state index in [-0.39, 0.29) is 29.2 Å². The van der Waals surface area contributed by atoms with Gasteiger partial charge in [-0.2, -0.15) is 5.10 Å². The van der Waals surface area contributed by atoms with E-state index < -0.39 is 15.8 Å². The number of rotatable bonds is 5. The Bertz CT molecular complexity index is 712. The summed E-state index contributed by atoms with van der Waals surface area (Å²) in [6, 6.07) is 5.98. The molecule has 0 saturated heterocycles. The van der Waals surface area contributed by atoms with Crippen LogP contribution in [0.4, 0.5) is 4.39 Å². The van der Waals surface area contributed by atoms with Crippen molar-refractivity contribution in [3.8, 4) is 0 Å². The monoisotopic (exact) mass is 298 g/mol. The van der Waals surface area contributed by atoms with Crippen LogP contribution in [0.5, 0.6) is 0 Å². The van der Waals surface area contributed by atoms with Gasteiger partial charge in [-0.15, -0.1) is 0 Å². The SMILES string of the molecule is Cc1[nH]nc(CN)c1S(=O)(=O)NCc1ccccc1F. The summed E-state index contributed by atoms with van der Waals surface area (Å²) in [4.78, 5) is 0.0244. The summed E-state index contributed by atoms with van der Waals surface area (Å²) in [5.41, 5.74) is 6.38. The molecule has 2 rings (SSSR count). The molecule has 6 nitrogen and oxygen atoms in total. The summed E-state index contributed by atoms with van der Waals surface area (Å²) < 4.78 is 40.3. The van der Waals surface area contributed by atoms with E-state index in [1.54, 1.807) is 19.1 Å². The normalized spacial score (nSPS) is 11.8. The maximum Gasteiger partial charge on any atom is 0.244 e. The molecule has 108 valence electrons. The number of nitrogens with zero attached hydrogens (tertiary/aromatic N) is 1. The number of H-pyrrole nitrogens is 1. The zero-order chi connectivity index (χ0) is 14.8. The molecule has 2 aromatic rings. The molecule has 0 bridgehead atoms. The van der Waals surface area contributed by atoms with Crippen LogP contribution in [-0.4, -0.2) is 18.6 Å². The van der Waals surface area contributed by atoms with Crippen molar-refractivity contribution in [2.45, 2.75) is 24.9 Å². The molecule has 20 heavy (non-hydrogen) atoms. The lowest BCUT2D eigenvalue weighted by Crippen LogP contribution is -2.25. The molecular formula is C12H15FN4O2S. The van der Waals surface area contributed by atoms with Crippen molar-refractivity contribution in [2.75, 3.05) is 0 Å². The van der Waals surface area contributed by atoms with Gasteiger partial charge in [0.25, 0.3) is 0 Å². The summed E-state index contributed by atoms with van der Waals surface area (Å²) in [6.07, 6.45) is 0. The molecule has 0 spiro atoms. The average Bonchev–Trinajstić information content (AvgIpc) is 2.80. The topological polar surface area (TPSA) is 101 Å². The fraction of sp³-hybridized carbons (Fsp3) is 0.250. The molecule has 0 aliphatic rings. The van der Waals surface area contributed by atoms with E-state index in [1.165, 1.54) is 12.1 Å². The second-order valence-corrected chi connectivity index (χ2v) is 5.95. The van der Waals surface area contributed by atoms with Crippen molar-refractivity contribution in [3.05, 3.63) is 47.0 Å². The number of benzene rings is 1. The molecule has 0 saturated carbocycles. The van der Waals surface area contributed by atoms with Crippen LogP contribution < -0.4 is 10.5 Å². The largest absolute Gasteiger partial charge is 0.325 e.